The summed E-state index contributed by atoms with van der Waals surface area (Å²) in [6, 6.07) is 1.27. The SMILES string of the molecule is CN(C)C1CCN(CC2CC(O)CN2)CC1. The molecule has 94 valence electrons. The first-order chi connectivity index (χ1) is 7.65. The maximum absolute atomic E-state index is 9.46. The average Bonchev–Trinajstić information content (AvgIpc) is 2.65. The van der Waals surface area contributed by atoms with E-state index in [0.29, 0.717) is 6.04 Å². The molecule has 16 heavy (non-hydrogen) atoms. The van der Waals surface area contributed by atoms with Gasteiger partial charge < -0.3 is 20.2 Å². The van der Waals surface area contributed by atoms with Crippen molar-refractivity contribution in [1.82, 2.24) is 15.1 Å². The lowest BCUT2D eigenvalue weighted by Gasteiger charge is -2.36. The van der Waals surface area contributed by atoms with Crippen LogP contribution in [0.4, 0.5) is 0 Å². The predicted octanol–water partition coefficient (Wildman–Crippen LogP) is -0.265. The van der Waals surface area contributed by atoms with E-state index in [9.17, 15) is 5.11 Å². The summed E-state index contributed by atoms with van der Waals surface area (Å²) in [5.41, 5.74) is 0. The highest BCUT2D eigenvalue weighted by molar-refractivity contribution is 4.86. The van der Waals surface area contributed by atoms with Crippen molar-refractivity contribution < 1.29 is 5.11 Å². The summed E-state index contributed by atoms with van der Waals surface area (Å²) in [5, 5.41) is 12.8. The molecular weight excluding hydrogens is 202 g/mol. The quantitative estimate of drug-likeness (QED) is 0.696. The third kappa shape index (κ3) is 3.17. The Morgan fingerprint density at radius 3 is 2.50 bits per heavy atom. The summed E-state index contributed by atoms with van der Waals surface area (Å²) in [4.78, 5) is 4.88. The number of nitrogens with one attached hydrogen (secondary N) is 1. The molecule has 0 aromatic rings. The molecule has 2 aliphatic rings. The Hall–Kier alpha value is -0.160. The van der Waals surface area contributed by atoms with Crippen LogP contribution in [0.15, 0.2) is 0 Å². The zero-order chi connectivity index (χ0) is 11.5. The van der Waals surface area contributed by atoms with Gasteiger partial charge >= 0.3 is 0 Å². The summed E-state index contributed by atoms with van der Waals surface area (Å²) >= 11 is 0. The lowest BCUT2D eigenvalue weighted by molar-refractivity contribution is 0.134. The van der Waals surface area contributed by atoms with Gasteiger partial charge in [0.05, 0.1) is 6.10 Å². The molecule has 0 aromatic heterocycles. The Kier molecular flexibility index (Phi) is 4.19. The average molecular weight is 227 g/mol. The van der Waals surface area contributed by atoms with E-state index in [1.807, 2.05) is 0 Å². The minimum atomic E-state index is -0.121. The number of hydrogen-bond donors (Lipinski definition) is 2. The first-order valence-electron chi connectivity index (χ1n) is 6.45. The minimum Gasteiger partial charge on any atom is -0.392 e. The van der Waals surface area contributed by atoms with Gasteiger partial charge in [-0.1, -0.05) is 0 Å². The van der Waals surface area contributed by atoms with Gasteiger partial charge in [-0.05, 0) is 46.4 Å². The van der Waals surface area contributed by atoms with Crippen LogP contribution in [0, 0.1) is 0 Å². The summed E-state index contributed by atoms with van der Waals surface area (Å²) in [5.74, 6) is 0. The zero-order valence-electron chi connectivity index (χ0n) is 10.5. The minimum absolute atomic E-state index is 0.121. The topological polar surface area (TPSA) is 38.7 Å². The monoisotopic (exact) mass is 227 g/mol. The first kappa shape index (κ1) is 12.3. The molecule has 0 aliphatic carbocycles. The Balaban J connectivity index is 1.69. The van der Waals surface area contributed by atoms with E-state index in [2.05, 4.69) is 29.2 Å². The van der Waals surface area contributed by atoms with Crippen molar-refractivity contribution in [3.8, 4) is 0 Å². The van der Waals surface area contributed by atoms with Crippen LogP contribution in [-0.2, 0) is 0 Å². The van der Waals surface area contributed by atoms with Gasteiger partial charge in [0.15, 0.2) is 0 Å². The van der Waals surface area contributed by atoms with Crippen LogP contribution in [0.2, 0.25) is 0 Å². The van der Waals surface area contributed by atoms with Crippen molar-refractivity contribution >= 4 is 0 Å². The molecule has 0 bridgehead atoms. The van der Waals surface area contributed by atoms with Crippen molar-refractivity contribution in [3.63, 3.8) is 0 Å². The molecule has 0 radical (unpaired) electrons. The molecule has 2 saturated heterocycles. The lowest BCUT2D eigenvalue weighted by Crippen LogP contribution is -2.46. The van der Waals surface area contributed by atoms with E-state index >= 15 is 0 Å². The molecule has 0 amide bonds. The van der Waals surface area contributed by atoms with Crippen molar-refractivity contribution in [3.05, 3.63) is 0 Å². The van der Waals surface area contributed by atoms with Gasteiger partial charge in [0.1, 0.15) is 0 Å². The van der Waals surface area contributed by atoms with Gasteiger partial charge in [-0.2, -0.15) is 0 Å². The van der Waals surface area contributed by atoms with E-state index in [0.717, 1.165) is 25.6 Å². The number of aliphatic hydroxyl groups is 1. The van der Waals surface area contributed by atoms with Gasteiger partial charge in [0, 0.05) is 25.2 Å². The zero-order valence-corrected chi connectivity index (χ0v) is 10.5. The molecule has 2 N–H and O–H groups in total. The van der Waals surface area contributed by atoms with Crippen molar-refractivity contribution in [2.45, 2.75) is 37.5 Å². The number of nitrogens with zero attached hydrogens (tertiary/aromatic N) is 2. The molecule has 4 heteroatoms. The van der Waals surface area contributed by atoms with E-state index in [4.69, 9.17) is 0 Å². The summed E-state index contributed by atoms with van der Waals surface area (Å²) in [6.07, 6.45) is 3.36. The molecule has 4 nitrogen and oxygen atoms in total. The van der Waals surface area contributed by atoms with Gasteiger partial charge in [0.2, 0.25) is 0 Å². The molecule has 2 rings (SSSR count). The van der Waals surface area contributed by atoms with E-state index in [1.165, 1.54) is 25.9 Å². The van der Waals surface area contributed by atoms with Crippen LogP contribution >= 0.6 is 0 Å². The van der Waals surface area contributed by atoms with Crippen molar-refractivity contribution in [2.75, 3.05) is 40.3 Å². The van der Waals surface area contributed by atoms with Crippen LogP contribution in [0.1, 0.15) is 19.3 Å². The molecular formula is C12H25N3O. The Morgan fingerprint density at radius 1 is 1.31 bits per heavy atom. The van der Waals surface area contributed by atoms with Gasteiger partial charge in [0.25, 0.3) is 0 Å². The molecule has 2 heterocycles. The highest BCUT2D eigenvalue weighted by Crippen LogP contribution is 2.16. The van der Waals surface area contributed by atoms with Crippen LogP contribution in [0.3, 0.4) is 0 Å². The standard InChI is InChI=1S/C12H25N3O/c1-14(2)11-3-5-15(6-4-11)9-10-7-12(16)8-13-10/h10-13,16H,3-9H2,1-2H3. The highest BCUT2D eigenvalue weighted by Gasteiger charge is 2.26. The Labute approximate surface area is 98.6 Å². The normalized spacial score (nSPS) is 33.8. The fourth-order valence-electron chi connectivity index (χ4n) is 2.87. The molecule has 0 saturated carbocycles. The number of β-amino-alcohol motifs (C(OH)–C–C–N with tert-alkyl or cyclic N) is 1. The van der Waals surface area contributed by atoms with Gasteiger partial charge in [-0.15, -0.1) is 0 Å². The van der Waals surface area contributed by atoms with Gasteiger partial charge in [-0.25, -0.2) is 0 Å². The number of rotatable bonds is 3. The number of likely N-dealkylation sites (tertiary alicyclic amines) is 1. The van der Waals surface area contributed by atoms with Crippen LogP contribution in [0.5, 0.6) is 0 Å². The third-order valence-electron chi connectivity index (χ3n) is 3.96. The molecule has 2 aliphatic heterocycles. The second-order valence-corrected chi connectivity index (χ2v) is 5.49. The molecule has 2 unspecified atom stereocenters. The summed E-state index contributed by atoms with van der Waals surface area (Å²) < 4.78 is 0. The number of piperidine rings is 1. The molecule has 0 spiro atoms. The predicted molar refractivity (Wildman–Crippen MR) is 65.6 cm³/mol. The van der Waals surface area contributed by atoms with Crippen molar-refractivity contribution in [1.29, 1.82) is 0 Å². The number of hydrogen-bond acceptors (Lipinski definition) is 4. The van der Waals surface area contributed by atoms with E-state index in [1.54, 1.807) is 0 Å². The summed E-state index contributed by atoms with van der Waals surface area (Å²) in [6.45, 7) is 4.30. The maximum Gasteiger partial charge on any atom is 0.0680 e. The van der Waals surface area contributed by atoms with Crippen LogP contribution < -0.4 is 5.32 Å². The highest BCUT2D eigenvalue weighted by atomic mass is 16.3. The second-order valence-electron chi connectivity index (χ2n) is 5.49. The van der Waals surface area contributed by atoms with E-state index in [-0.39, 0.29) is 6.10 Å². The fraction of sp³-hybridized carbons (Fsp3) is 1.00. The summed E-state index contributed by atoms with van der Waals surface area (Å²) in [7, 11) is 4.35. The lowest BCUT2D eigenvalue weighted by atomic mass is 10.0. The smallest absolute Gasteiger partial charge is 0.0680 e. The maximum atomic E-state index is 9.46. The van der Waals surface area contributed by atoms with Crippen LogP contribution in [0.25, 0.3) is 0 Å². The molecule has 0 aromatic carbocycles. The molecule has 2 atom stereocenters. The number of aliphatic hydroxyl groups excluding tert-OH is 1. The largest absolute Gasteiger partial charge is 0.392 e. The second kappa shape index (κ2) is 5.45. The third-order valence-corrected chi connectivity index (χ3v) is 3.96. The first-order valence-corrected chi connectivity index (χ1v) is 6.45. The van der Waals surface area contributed by atoms with Gasteiger partial charge in [-0.3, -0.25) is 0 Å². The van der Waals surface area contributed by atoms with E-state index < -0.39 is 0 Å². The Bertz CT molecular complexity index is 214. The molecule has 2 fully saturated rings. The Morgan fingerprint density at radius 2 is 2.00 bits per heavy atom. The fourth-order valence-corrected chi connectivity index (χ4v) is 2.87. The van der Waals surface area contributed by atoms with Crippen molar-refractivity contribution in [2.24, 2.45) is 0 Å². The van der Waals surface area contributed by atoms with Crippen LogP contribution in [-0.4, -0.2) is 73.4 Å².